The van der Waals surface area contributed by atoms with E-state index >= 15 is 0 Å². The topological polar surface area (TPSA) is 75.6 Å². The average molecular weight is 396 g/mol. The number of ketones is 1. The molecule has 0 unspecified atom stereocenters. The number of nitrogens with one attached hydrogen (secondary N) is 2. The van der Waals surface area contributed by atoms with E-state index in [0.717, 1.165) is 43.9 Å². The number of hydrogen-bond donors (Lipinski definition) is 4. The van der Waals surface area contributed by atoms with Crippen molar-refractivity contribution in [1.29, 1.82) is 0 Å². The van der Waals surface area contributed by atoms with Crippen LogP contribution in [0.1, 0.15) is 27.0 Å². The first-order chi connectivity index (χ1) is 14.1. The normalized spacial score (nSPS) is 22.6. The summed E-state index contributed by atoms with van der Waals surface area (Å²) in [6, 6.07) is 11.1. The minimum Gasteiger partial charge on any atom is -0.507 e. The zero-order valence-electron chi connectivity index (χ0n) is 16.7. The van der Waals surface area contributed by atoms with Crippen LogP contribution < -0.4 is 14.5 Å². The number of benzene rings is 2. The number of aliphatic hydroxyl groups is 1. The number of ether oxygens (including phenoxy) is 1. The van der Waals surface area contributed by atoms with E-state index < -0.39 is 0 Å². The smallest absolute Gasteiger partial charge is 0.231 e. The lowest BCUT2D eigenvalue weighted by molar-refractivity contribution is -1.02. The standard InChI is InChI=1S/C23H26N2O4/c1-16-4-2-3-5-17(16)14-21-22(28)18-6-7-20(27)19(23(18)29-21)15-25-10-8-24(9-11-25)12-13-26/h2-7,14,26-27H,8-13,15H2,1H3/p+2/b21-14-. The third kappa shape index (κ3) is 4.05. The molecule has 0 aromatic heterocycles. The number of aliphatic hydroxyl groups excluding tert-OH is 1. The molecule has 4 N–H and O–H groups in total. The molecule has 1 saturated heterocycles. The predicted molar refractivity (Wildman–Crippen MR) is 109 cm³/mol. The highest BCUT2D eigenvalue weighted by Gasteiger charge is 2.33. The fourth-order valence-electron chi connectivity index (χ4n) is 4.15. The highest BCUT2D eigenvalue weighted by atomic mass is 16.5. The van der Waals surface area contributed by atoms with Crippen LogP contribution in [0.5, 0.6) is 11.5 Å². The van der Waals surface area contributed by atoms with Gasteiger partial charge in [0.1, 0.15) is 45.0 Å². The van der Waals surface area contributed by atoms with Gasteiger partial charge in [0, 0.05) is 0 Å². The van der Waals surface area contributed by atoms with Gasteiger partial charge in [-0.2, -0.15) is 0 Å². The molecule has 0 aliphatic carbocycles. The Bertz CT molecular complexity index is 946. The van der Waals surface area contributed by atoms with E-state index in [-0.39, 0.29) is 18.1 Å². The first-order valence-electron chi connectivity index (χ1n) is 10.2. The maximum absolute atomic E-state index is 12.9. The molecule has 2 aromatic rings. The number of carbonyl (C=O) groups is 1. The van der Waals surface area contributed by atoms with Gasteiger partial charge in [-0.25, -0.2) is 0 Å². The first-order valence-corrected chi connectivity index (χ1v) is 10.2. The van der Waals surface area contributed by atoms with Crippen molar-refractivity contribution < 1.29 is 29.5 Å². The highest BCUT2D eigenvalue weighted by molar-refractivity contribution is 6.15. The van der Waals surface area contributed by atoms with Gasteiger partial charge in [0.05, 0.1) is 17.7 Å². The van der Waals surface area contributed by atoms with Crippen molar-refractivity contribution in [1.82, 2.24) is 0 Å². The van der Waals surface area contributed by atoms with Crippen molar-refractivity contribution in [2.45, 2.75) is 13.5 Å². The molecule has 0 saturated carbocycles. The molecule has 0 atom stereocenters. The van der Waals surface area contributed by atoms with Crippen molar-refractivity contribution in [2.24, 2.45) is 0 Å². The number of aromatic hydroxyl groups is 1. The number of hydrogen-bond acceptors (Lipinski definition) is 4. The van der Waals surface area contributed by atoms with Gasteiger partial charge in [0.25, 0.3) is 0 Å². The van der Waals surface area contributed by atoms with Crippen LogP contribution in [0.3, 0.4) is 0 Å². The van der Waals surface area contributed by atoms with Crippen LogP contribution in [-0.4, -0.2) is 55.3 Å². The maximum Gasteiger partial charge on any atom is 0.231 e. The third-order valence-corrected chi connectivity index (χ3v) is 5.95. The first kappa shape index (κ1) is 19.6. The molecule has 6 nitrogen and oxygen atoms in total. The average Bonchev–Trinajstić information content (AvgIpc) is 3.03. The van der Waals surface area contributed by atoms with Gasteiger partial charge < -0.3 is 24.7 Å². The van der Waals surface area contributed by atoms with Gasteiger partial charge in [-0.3, -0.25) is 4.79 Å². The number of phenolic OH excluding ortho intramolecular Hbond substituents is 1. The fraction of sp³-hybridized carbons (Fsp3) is 0.348. The van der Waals surface area contributed by atoms with Gasteiger partial charge in [0.15, 0.2) is 11.5 Å². The minimum atomic E-state index is -0.142. The molecule has 1 fully saturated rings. The van der Waals surface area contributed by atoms with E-state index in [4.69, 9.17) is 9.84 Å². The summed E-state index contributed by atoms with van der Waals surface area (Å²) < 4.78 is 5.99. The molecular weight excluding hydrogens is 368 g/mol. The van der Waals surface area contributed by atoms with Crippen molar-refractivity contribution in [3.05, 3.63) is 64.4 Å². The monoisotopic (exact) mass is 396 g/mol. The number of rotatable bonds is 5. The fourth-order valence-corrected chi connectivity index (χ4v) is 4.15. The quantitative estimate of drug-likeness (QED) is 0.519. The number of Topliss-reactive ketones (excluding diaryl/α,β-unsaturated/α-hetero) is 1. The van der Waals surface area contributed by atoms with Crippen molar-refractivity contribution in [3.8, 4) is 11.5 Å². The summed E-state index contributed by atoms with van der Waals surface area (Å²) in [5.41, 5.74) is 3.23. The molecule has 2 aromatic carbocycles. The number of quaternary nitrogens is 2. The Morgan fingerprint density at radius 2 is 1.79 bits per heavy atom. The van der Waals surface area contributed by atoms with Crippen LogP contribution in [0.25, 0.3) is 6.08 Å². The van der Waals surface area contributed by atoms with Gasteiger partial charge in [-0.05, 0) is 36.3 Å². The molecule has 0 radical (unpaired) electrons. The summed E-state index contributed by atoms with van der Waals surface area (Å²) in [5, 5.41) is 19.6. The van der Waals surface area contributed by atoms with Gasteiger partial charge in [-0.15, -0.1) is 0 Å². The Labute approximate surface area is 170 Å². The molecule has 29 heavy (non-hydrogen) atoms. The third-order valence-electron chi connectivity index (χ3n) is 5.95. The number of piperazine rings is 1. The molecule has 2 aliphatic heterocycles. The molecule has 6 heteroatoms. The molecule has 2 heterocycles. The number of fused-ring (bicyclic) bond motifs is 1. The molecule has 152 valence electrons. The predicted octanol–water partition coefficient (Wildman–Crippen LogP) is -0.407. The Morgan fingerprint density at radius 1 is 1.07 bits per heavy atom. The van der Waals surface area contributed by atoms with Crippen LogP contribution in [0.15, 0.2) is 42.2 Å². The van der Waals surface area contributed by atoms with Crippen LogP contribution in [0.4, 0.5) is 0 Å². The van der Waals surface area contributed by atoms with E-state index in [2.05, 4.69) is 0 Å². The van der Waals surface area contributed by atoms with E-state index in [1.807, 2.05) is 31.2 Å². The summed E-state index contributed by atoms with van der Waals surface area (Å²) in [6.07, 6.45) is 1.78. The lowest BCUT2D eigenvalue weighted by atomic mass is 10.0. The number of allylic oxidation sites excluding steroid dienone is 1. The Morgan fingerprint density at radius 3 is 2.52 bits per heavy atom. The zero-order chi connectivity index (χ0) is 20.4. The summed E-state index contributed by atoms with van der Waals surface area (Å²) in [7, 11) is 0. The number of aryl methyl sites for hydroxylation is 1. The lowest BCUT2D eigenvalue weighted by Gasteiger charge is -2.29. The van der Waals surface area contributed by atoms with Gasteiger partial charge in [-0.1, -0.05) is 24.3 Å². The van der Waals surface area contributed by atoms with Crippen LogP contribution >= 0.6 is 0 Å². The second-order valence-electron chi connectivity index (χ2n) is 7.89. The maximum atomic E-state index is 12.9. The summed E-state index contributed by atoms with van der Waals surface area (Å²) in [5.74, 6) is 0.823. The van der Waals surface area contributed by atoms with E-state index in [9.17, 15) is 9.90 Å². The number of phenols is 1. The molecule has 0 spiro atoms. The van der Waals surface area contributed by atoms with Gasteiger partial charge in [0.2, 0.25) is 5.78 Å². The van der Waals surface area contributed by atoms with Crippen LogP contribution in [0.2, 0.25) is 0 Å². The Balaban J connectivity index is 1.56. The second kappa shape index (κ2) is 8.37. The van der Waals surface area contributed by atoms with Crippen molar-refractivity contribution in [2.75, 3.05) is 39.3 Å². The summed E-state index contributed by atoms with van der Waals surface area (Å²) in [6.45, 7) is 7.50. The summed E-state index contributed by atoms with van der Waals surface area (Å²) in [4.78, 5) is 15.6. The lowest BCUT2D eigenvalue weighted by Crippen LogP contribution is -3.27. The molecular formula is C23H28N2O4+2. The van der Waals surface area contributed by atoms with Crippen LogP contribution in [0, 0.1) is 6.92 Å². The molecule has 2 aliphatic rings. The van der Waals surface area contributed by atoms with E-state index in [0.29, 0.717) is 29.2 Å². The Kier molecular flexibility index (Phi) is 5.67. The summed E-state index contributed by atoms with van der Waals surface area (Å²) >= 11 is 0. The van der Waals surface area contributed by atoms with Crippen molar-refractivity contribution >= 4 is 11.9 Å². The second-order valence-corrected chi connectivity index (χ2v) is 7.89. The molecule has 4 rings (SSSR count). The number of carbonyl (C=O) groups excluding carboxylic acids is 1. The van der Waals surface area contributed by atoms with Crippen LogP contribution in [-0.2, 0) is 6.54 Å². The molecule has 0 amide bonds. The largest absolute Gasteiger partial charge is 0.507 e. The zero-order valence-corrected chi connectivity index (χ0v) is 16.7. The van der Waals surface area contributed by atoms with E-state index in [1.165, 1.54) is 9.80 Å². The van der Waals surface area contributed by atoms with Gasteiger partial charge >= 0.3 is 0 Å². The Hall–Kier alpha value is -2.67. The van der Waals surface area contributed by atoms with E-state index in [1.54, 1.807) is 18.2 Å². The molecule has 0 bridgehead atoms. The minimum absolute atomic E-state index is 0.142. The van der Waals surface area contributed by atoms with Crippen molar-refractivity contribution in [3.63, 3.8) is 0 Å². The highest BCUT2D eigenvalue weighted by Crippen LogP contribution is 2.39. The SMILES string of the molecule is Cc1ccccc1/C=C1\Oc2c(ccc(O)c2C[NH+]2CC[NH+](CCO)CC2)C1=O.